The summed E-state index contributed by atoms with van der Waals surface area (Å²) in [5, 5.41) is 6.94. The zero-order valence-electron chi connectivity index (χ0n) is 10.0. The van der Waals surface area contributed by atoms with Crippen molar-refractivity contribution in [3.63, 3.8) is 0 Å². The number of amides is 1. The molecule has 0 saturated heterocycles. The highest BCUT2D eigenvalue weighted by atomic mass is 32.1. The van der Waals surface area contributed by atoms with Gasteiger partial charge in [-0.2, -0.15) is 0 Å². The van der Waals surface area contributed by atoms with Gasteiger partial charge in [0.2, 0.25) is 5.91 Å². The van der Waals surface area contributed by atoms with Gasteiger partial charge in [-0.15, -0.1) is 11.3 Å². The van der Waals surface area contributed by atoms with Gasteiger partial charge in [-0.1, -0.05) is 6.92 Å². The number of hydrogen-bond acceptors (Lipinski definition) is 4. The number of thiazole rings is 1. The van der Waals surface area contributed by atoms with Crippen LogP contribution in [0.2, 0.25) is 0 Å². The number of hydrogen-bond donors (Lipinski definition) is 2. The molecular weight excluding hydrogens is 222 g/mol. The lowest BCUT2D eigenvalue weighted by atomic mass is 10.2. The van der Waals surface area contributed by atoms with E-state index in [-0.39, 0.29) is 5.91 Å². The fourth-order valence-corrected chi connectivity index (χ4v) is 1.86. The SMILES string of the molecule is CCC(C)NCC(=O)NCc1ncc(C)s1. The van der Waals surface area contributed by atoms with Crippen molar-refractivity contribution < 1.29 is 4.79 Å². The molecule has 16 heavy (non-hydrogen) atoms. The number of aromatic nitrogens is 1. The molecule has 0 spiro atoms. The summed E-state index contributed by atoms with van der Waals surface area (Å²) >= 11 is 1.61. The summed E-state index contributed by atoms with van der Waals surface area (Å²) < 4.78 is 0. The molecule has 0 aromatic carbocycles. The van der Waals surface area contributed by atoms with Gasteiger partial charge in [-0.25, -0.2) is 4.98 Å². The Kier molecular flexibility index (Phi) is 5.42. The summed E-state index contributed by atoms with van der Waals surface area (Å²) in [6.07, 6.45) is 2.85. The highest BCUT2D eigenvalue weighted by molar-refractivity contribution is 7.11. The van der Waals surface area contributed by atoms with E-state index < -0.39 is 0 Å². The lowest BCUT2D eigenvalue weighted by molar-refractivity contribution is -0.120. The number of rotatable bonds is 6. The van der Waals surface area contributed by atoms with Crippen LogP contribution in [0.5, 0.6) is 0 Å². The molecule has 1 aromatic rings. The summed E-state index contributed by atoms with van der Waals surface area (Å²) in [7, 11) is 0. The Labute approximate surface area is 100 Å². The van der Waals surface area contributed by atoms with Crippen molar-refractivity contribution in [2.45, 2.75) is 39.8 Å². The zero-order valence-corrected chi connectivity index (χ0v) is 10.9. The van der Waals surface area contributed by atoms with Crippen LogP contribution in [-0.2, 0) is 11.3 Å². The van der Waals surface area contributed by atoms with E-state index in [2.05, 4.69) is 29.5 Å². The predicted molar refractivity (Wildman–Crippen MR) is 66.5 cm³/mol. The molecule has 1 aromatic heterocycles. The van der Waals surface area contributed by atoms with Crippen molar-refractivity contribution in [2.24, 2.45) is 0 Å². The van der Waals surface area contributed by atoms with Gasteiger partial charge >= 0.3 is 0 Å². The highest BCUT2D eigenvalue weighted by Gasteiger charge is 2.05. The van der Waals surface area contributed by atoms with Gasteiger partial charge in [-0.3, -0.25) is 4.79 Å². The lowest BCUT2D eigenvalue weighted by Gasteiger charge is -2.10. The number of carbonyl (C=O) groups excluding carboxylic acids is 1. The molecule has 90 valence electrons. The third-order valence-corrected chi connectivity index (χ3v) is 3.24. The molecule has 0 saturated carbocycles. The minimum Gasteiger partial charge on any atom is -0.348 e. The van der Waals surface area contributed by atoms with Gasteiger partial charge in [-0.05, 0) is 20.3 Å². The van der Waals surface area contributed by atoms with Crippen LogP contribution in [0.25, 0.3) is 0 Å². The zero-order chi connectivity index (χ0) is 12.0. The second-order valence-electron chi connectivity index (χ2n) is 3.83. The smallest absolute Gasteiger partial charge is 0.234 e. The normalized spacial score (nSPS) is 12.4. The predicted octanol–water partition coefficient (Wildman–Crippen LogP) is 1.46. The molecule has 0 aliphatic rings. The van der Waals surface area contributed by atoms with Crippen LogP contribution >= 0.6 is 11.3 Å². The molecule has 1 atom stereocenters. The Morgan fingerprint density at radius 1 is 1.62 bits per heavy atom. The Balaban J connectivity index is 2.20. The van der Waals surface area contributed by atoms with Crippen molar-refractivity contribution in [3.8, 4) is 0 Å². The first-order chi connectivity index (χ1) is 7.61. The van der Waals surface area contributed by atoms with Gasteiger partial charge in [0.05, 0.1) is 13.1 Å². The Morgan fingerprint density at radius 2 is 2.38 bits per heavy atom. The van der Waals surface area contributed by atoms with Crippen LogP contribution in [0.15, 0.2) is 6.20 Å². The number of aryl methyl sites for hydroxylation is 1. The van der Waals surface area contributed by atoms with E-state index in [9.17, 15) is 4.79 Å². The summed E-state index contributed by atoms with van der Waals surface area (Å²) in [5.74, 6) is 0.0214. The molecule has 1 rings (SSSR count). The maximum absolute atomic E-state index is 11.4. The van der Waals surface area contributed by atoms with Crippen molar-refractivity contribution in [2.75, 3.05) is 6.54 Å². The Bertz CT molecular complexity index is 338. The minimum atomic E-state index is 0.0214. The summed E-state index contributed by atoms with van der Waals surface area (Å²) in [6, 6.07) is 0.382. The highest BCUT2D eigenvalue weighted by Crippen LogP contribution is 2.10. The van der Waals surface area contributed by atoms with E-state index >= 15 is 0 Å². The first kappa shape index (κ1) is 13.1. The van der Waals surface area contributed by atoms with E-state index in [0.29, 0.717) is 19.1 Å². The molecule has 0 aliphatic heterocycles. The summed E-state index contributed by atoms with van der Waals surface area (Å²) in [4.78, 5) is 16.8. The van der Waals surface area contributed by atoms with Gasteiger partial charge in [0, 0.05) is 17.1 Å². The van der Waals surface area contributed by atoms with Gasteiger partial charge < -0.3 is 10.6 Å². The maximum Gasteiger partial charge on any atom is 0.234 e. The largest absolute Gasteiger partial charge is 0.348 e. The molecule has 0 bridgehead atoms. The van der Waals surface area contributed by atoms with Crippen LogP contribution < -0.4 is 10.6 Å². The average molecular weight is 241 g/mol. The number of carbonyl (C=O) groups is 1. The first-order valence-corrected chi connectivity index (χ1v) is 6.34. The molecule has 1 unspecified atom stereocenters. The average Bonchev–Trinajstić information content (AvgIpc) is 2.69. The fourth-order valence-electron chi connectivity index (χ4n) is 1.13. The Hall–Kier alpha value is -0.940. The molecule has 1 heterocycles. The van der Waals surface area contributed by atoms with E-state index in [4.69, 9.17) is 0 Å². The molecule has 0 fully saturated rings. The first-order valence-electron chi connectivity index (χ1n) is 5.53. The Morgan fingerprint density at radius 3 is 2.94 bits per heavy atom. The molecule has 5 heteroatoms. The van der Waals surface area contributed by atoms with Gasteiger partial charge in [0.1, 0.15) is 5.01 Å². The van der Waals surface area contributed by atoms with E-state index in [1.807, 2.05) is 13.1 Å². The van der Waals surface area contributed by atoms with Crippen LogP contribution in [-0.4, -0.2) is 23.5 Å². The van der Waals surface area contributed by atoms with Crippen molar-refractivity contribution in [3.05, 3.63) is 16.1 Å². The molecular formula is C11H19N3OS. The van der Waals surface area contributed by atoms with Crippen LogP contribution in [0.3, 0.4) is 0 Å². The summed E-state index contributed by atoms with van der Waals surface area (Å²) in [6.45, 7) is 7.07. The molecule has 0 radical (unpaired) electrons. The van der Waals surface area contributed by atoms with Crippen LogP contribution in [0.1, 0.15) is 30.2 Å². The van der Waals surface area contributed by atoms with E-state index in [0.717, 1.165) is 11.4 Å². The third-order valence-electron chi connectivity index (χ3n) is 2.33. The van der Waals surface area contributed by atoms with Gasteiger partial charge in [0.25, 0.3) is 0 Å². The van der Waals surface area contributed by atoms with Crippen molar-refractivity contribution >= 4 is 17.2 Å². The van der Waals surface area contributed by atoms with Crippen molar-refractivity contribution in [1.29, 1.82) is 0 Å². The molecule has 0 aliphatic carbocycles. The van der Waals surface area contributed by atoms with Crippen LogP contribution in [0.4, 0.5) is 0 Å². The quantitative estimate of drug-likeness (QED) is 0.792. The fraction of sp³-hybridized carbons (Fsp3) is 0.636. The number of nitrogens with zero attached hydrogens (tertiary/aromatic N) is 1. The summed E-state index contributed by atoms with van der Waals surface area (Å²) in [5.41, 5.74) is 0. The van der Waals surface area contributed by atoms with Crippen molar-refractivity contribution in [1.82, 2.24) is 15.6 Å². The lowest BCUT2D eigenvalue weighted by Crippen LogP contribution is -2.37. The van der Waals surface area contributed by atoms with E-state index in [1.165, 1.54) is 4.88 Å². The topological polar surface area (TPSA) is 54.0 Å². The van der Waals surface area contributed by atoms with Gasteiger partial charge in [0.15, 0.2) is 0 Å². The second kappa shape index (κ2) is 6.60. The standard InChI is InChI=1S/C11H19N3OS/c1-4-8(2)12-6-10(15)13-7-11-14-5-9(3)16-11/h5,8,12H,4,6-7H2,1-3H3,(H,13,15). The maximum atomic E-state index is 11.4. The second-order valence-corrected chi connectivity index (χ2v) is 5.15. The van der Waals surface area contributed by atoms with Crippen LogP contribution in [0, 0.1) is 6.92 Å². The number of nitrogens with one attached hydrogen (secondary N) is 2. The third kappa shape index (κ3) is 4.72. The monoisotopic (exact) mass is 241 g/mol. The molecule has 2 N–H and O–H groups in total. The molecule has 1 amide bonds. The molecule has 4 nitrogen and oxygen atoms in total. The van der Waals surface area contributed by atoms with E-state index in [1.54, 1.807) is 11.3 Å². The minimum absolute atomic E-state index is 0.0214.